The molecule has 1 aliphatic rings. The van der Waals surface area contributed by atoms with Gasteiger partial charge < -0.3 is 15.0 Å². The highest BCUT2D eigenvalue weighted by Crippen LogP contribution is 2.30. The van der Waals surface area contributed by atoms with Gasteiger partial charge in [0, 0.05) is 31.4 Å². The number of aryl methyl sites for hydroxylation is 1. The molecule has 0 fully saturated rings. The standard InChI is InChI=1S/C17H28N2O/c1-4-11-18-16(13-20-3)12-19-14(2)9-10-15-7-5-6-8-17(15)19/h5-8,14,16,18H,4,9-13H2,1-3H3. The summed E-state index contributed by atoms with van der Waals surface area (Å²) in [5.41, 5.74) is 2.89. The Labute approximate surface area is 123 Å². The van der Waals surface area contributed by atoms with Gasteiger partial charge in [0.1, 0.15) is 0 Å². The summed E-state index contributed by atoms with van der Waals surface area (Å²) in [5, 5.41) is 3.60. The summed E-state index contributed by atoms with van der Waals surface area (Å²) in [7, 11) is 1.79. The van der Waals surface area contributed by atoms with Crippen molar-refractivity contribution >= 4 is 5.69 Å². The van der Waals surface area contributed by atoms with Crippen LogP contribution in [0.5, 0.6) is 0 Å². The zero-order chi connectivity index (χ0) is 14.4. The number of rotatable bonds is 7. The minimum atomic E-state index is 0.397. The first kappa shape index (κ1) is 15.3. The molecule has 112 valence electrons. The number of hydrogen-bond acceptors (Lipinski definition) is 3. The Kier molecular flexibility index (Phi) is 5.86. The molecule has 1 aromatic rings. The Hall–Kier alpha value is -1.06. The Balaban J connectivity index is 2.09. The second-order valence-corrected chi connectivity index (χ2v) is 5.78. The molecule has 3 heteroatoms. The molecule has 0 aromatic heterocycles. The molecule has 2 unspecified atom stereocenters. The molecule has 0 amide bonds. The van der Waals surface area contributed by atoms with Gasteiger partial charge in [0.2, 0.25) is 0 Å². The van der Waals surface area contributed by atoms with Gasteiger partial charge in [-0.15, -0.1) is 0 Å². The fraction of sp³-hybridized carbons (Fsp3) is 0.647. The number of anilines is 1. The van der Waals surface area contributed by atoms with Crippen LogP contribution in [-0.2, 0) is 11.2 Å². The van der Waals surface area contributed by atoms with Gasteiger partial charge in [-0.3, -0.25) is 0 Å². The van der Waals surface area contributed by atoms with Gasteiger partial charge >= 0.3 is 0 Å². The van der Waals surface area contributed by atoms with Crippen LogP contribution < -0.4 is 10.2 Å². The quantitative estimate of drug-likeness (QED) is 0.829. The molecular formula is C17H28N2O. The summed E-state index contributed by atoms with van der Waals surface area (Å²) in [6.45, 7) is 7.38. The Morgan fingerprint density at radius 1 is 1.40 bits per heavy atom. The lowest BCUT2D eigenvalue weighted by Crippen LogP contribution is -2.48. The summed E-state index contributed by atoms with van der Waals surface area (Å²) in [5.74, 6) is 0. The van der Waals surface area contributed by atoms with Crippen molar-refractivity contribution in [3.63, 3.8) is 0 Å². The number of para-hydroxylation sites is 1. The predicted octanol–water partition coefficient (Wildman–Crippen LogP) is 2.84. The van der Waals surface area contributed by atoms with Gasteiger partial charge in [-0.05, 0) is 44.4 Å². The molecular weight excluding hydrogens is 248 g/mol. The summed E-state index contributed by atoms with van der Waals surface area (Å²) < 4.78 is 5.38. The third kappa shape index (κ3) is 3.74. The highest BCUT2D eigenvalue weighted by Gasteiger charge is 2.24. The van der Waals surface area contributed by atoms with E-state index >= 15 is 0 Å². The SMILES string of the molecule is CCCNC(COC)CN1c2ccccc2CCC1C. The second-order valence-electron chi connectivity index (χ2n) is 5.78. The molecule has 0 aliphatic carbocycles. The van der Waals surface area contributed by atoms with Crippen molar-refractivity contribution in [3.8, 4) is 0 Å². The minimum Gasteiger partial charge on any atom is -0.383 e. The van der Waals surface area contributed by atoms with E-state index in [4.69, 9.17) is 4.74 Å². The third-order valence-electron chi connectivity index (χ3n) is 4.13. The lowest BCUT2D eigenvalue weighted by atomic mass is 9.96. The van der Waals surface area contributed by atoms with Gasteiger partial charge in [0.15, 0.2) is 0 Å². The minimum absolute atomic E-state index is 0.397. The van der Waals surface area contributed by atoms with Crippen molar-refractivity contribution in [1.82, 2.24) is 5.32 Å². The number of methoxy groups -OCH3 is 1. The van der Waals surface area contributed by atoms with Crippen molar-refractivity contribution in [3.05, 3.63) is 29.8 Å². The molecule has 0 radical (unpaired) electrons. The van der Waals surface area contributed by atoms with Crippen LogP contribution in [0, 0.1) is 0 Å². The smallest absolute Gasteiger partial charge is 0.0633 e. The average Bonchev–Trinajstić information content (AvgIpc) is 2.47. The number of hydrogen-bond donors (Lipinski definition) is 1. The van der Waals surface area contributed by atoms with Crippen LogP contribution in [0.15, 0.2) is 24.3 Å². The molecule has 1 aromatic carbocycles. The molecule has 0 spiro atoms. The van der Waals surface area contributed by atoms with Gasteiger partial charge in [-0.2, -0.15) is 0 Å². The molecule has 1 aliphatic heterocycles. The topological polar surface area (TPSA) is 24.5 Å². The Bertz CT molecular complexity index is 408. The molecule has 1 N–H and O–H groups in total. The molecule has 1 heterocycles. The normalized spacial score (nSPS) is 19.8. The van der Waals surface area contributed by atoms with Gasteiger partial charge in [-0.25, -0.2) is 0 Å². The zero-order valence-electron chi connectivity index (χ0n) is 13.1. The van der Waals surface area contributed by atoms with E-state index in [9.17, 15) is 0 Å². The van der Waals surface area contributed by atoms with E-state index in [2.05, 4.69) is 48.3 Å². The van der Waals surface area contributed by atoms with Crippen LogP contribution in [0.4, 0.5) is 5.69 Å². The number of nitrogens with one attached hydrogen (secondary N) is 1. The van der Waals surface area contributed by atoms with E-state index in [1.54, 1.807) is 7.11 Å². The van der Waals surface area contributed by atoms with Gasteiger partial charge in [-0.1, -0.05) is 25.1 Å². The van der Waals surface area contributed by atoms with Crippen LogP contribution in [0.2, 0.25) is 0 Å². The molecule has 0 saturated carbocycles. The van der Waals surface area contributed by atoms with Crippen molar-refractivity contribution in [2.75, 3.05) is 31.7 Å². The first-order chi connectivity index (χ1) is 9.76. The summed E-state index contributed by atoms with van der Waals surface area (Å²) >= 11 is 0. The van der Waals surface area contributed by atoms with E-state index in [0.29, 0.717) is 12.1 Å². The molecule has 0 saturated heterocycles. The van der Waals surface area contributed by atoms with Crippen molar-refractivity contribution in [2.45, 2.75) is 45.2 Å². The largest absolute Gasteiger partial charge is 0.383 e. The van der Waals surface area contributed by atoms with Crippen LogP contribution in [0.3, 0.4) is 0 Å². The van der Waals surface area contributed by atoms with E-state index in [1.165, 1.54) is 24.1 Å². The van der Waals surface area contributed by atoms with Crippen LogP contribution >= 0.6 is 0 Å². The van der Waals surface area contributed by atoms with E-state index < -0.39 is 0 Å². The lowest BCUT2D eigenvalue weighted by molar-refractivity contribution is 0.166. The maximum absolute atomic E-state index is 5.38. The predicted molar refractivity (Wildman–Crippen MR) is 85.5 cm³/mol. The van der Waals surface area contributed by atoms with Crippen molar-refractivity contribution in [2.24, 2.45) is 0 Å². The second kappa shape index (κ2) is 7.65. The molecule has 0 bridgehead atoms. The fourth-order valence-electron chi connectivity index (χ4n) is 3.00. The number of benzene rings is 1. The summed E-state index contributed by atoms with van der Waals surface area (Å²) in [4.78, 5) is 2.55. The number of nitrogens with zero attached hydrogens (tertiary/aromatic N) is 1. The van der Waals surface area contributed by atoms with E-state index in [-0.39, 0.29) is 0 Å². The highest BCUT2D eigenvalue weighted by atomic mass is 16.5. The van der Waals surface area contributed by atoms with Crippen molar-refractivity contribution in [1.29, 1.82) is 0 Å². The fourth-order valence-corrected chi connectivity index (χ4v) is 3.00. The highest BCUT2D eigenvalue weighted by molar-refractivity contribution is 5.56. The lowest BCUT2D eigenvalue weighted by Gasteiger charge is -2.39. The molecule has 2 atom stereocenters. The number of ether oxygens (including phenoxy) is 1. The first-order valence-corrected chi connectivity index (χ1v) is 7.83. The van der Waals surface area contributed by atoms with Crippen LogP contribution in [-0.4, -0.2) is 38.9 Å². The number of fused-ring (bicyclic) bond motifs is 1. The monoisotopic (exact) mass is 276 g/mol. The Morgan fingerprint density at radius 2 is 2.20 bits per heavy atom. The summed E-state index contributed by atoms with van der Waals surface area (Å²) in [6.07, 6.45) is 3.60. The Morgan fingerprint density at radius 3 is 2.95 bits per heavy atom. The summed E-state index contributed by atoms with van der Waals surface area (Å²) in [6, 6.07) is 9.82. The molecule has 2 rings (SSSR count). The third-order valence-corrected chi connectivity index (χ3v) is 4.13. The molecule has 20 heavy (non-hydrogen) atoms. The zero-order valence-corrected chi connectivity index (χ0v) is 13.1. The van der Waals surface area contributed by atoms with Gasteiger partial charge in [0.25, 0.3) is 0 Å². The van der Waals surface area contributed by atoms with E-state index in [1.807, 2.05) is 0 Å². The average molecular weight is 276 g/mol. The van der Waals surface area contributed by atoms with Crippen LogP contribution in [0.25, 0.3) is 0 Å². The van der Waals surface area contributed by atoms with Crippen LogP contribution in [0.1, 0.15) is 32.3 Å². The van der Waals surface area contributed by atoms with E-state index in [0.717, 1.165) is 26.1 Å². The maximum Gasteiger partial charge on any atom is 0.0633 e. The van der Waals surface area contributed by atoms with Gasteiger partial charge in [0.05, 0.1) is 6.61 Å². The molecule has 3 nitrogen and oxygen atoms in total. The van der Waals surface area contributed by atoms with Crippen molar-refractivity contribution < 1.29 is 4.74 Å². The first-order valence-electron chi connectivity index (χ1n) is 7.83. The maximum atomic E-state index is 5.38.